The summed E-state index contributed by atoms with van der Waals surface area (Å²) in [5.41, 5.74) is 2.66. The number of carboxylic acid groups (broad SMARTS) is 1. The molecule has 0 saturated heterocycles. The number of carbonyl (C=O) groups is 1. The summed E-state index contributed by atoms with van der Waals surface area (Å²) >= 11 is 0. The zero-order valence-electron chi connectivity index (χ0n) is 10.3. The minimum absolute atomic E-state index is 0.100. The van der Waals surface area contributed by atoms with Crippen LogP contribution in [-0.2, 0) is 11.2 Å². The van der Waals surface area contributed by atoms with Crippen LogP contribution in [0.25, 0.3) is 5.95 Å². The first-order valence-electron chi connectivity index (χ1n) is 5.64. The lowest BCUT2D eigenvalue weighted by Crippen LogP contribution is -2.04. The monoisotopic (exact) mass is 246 g/mol. The minimum Gasteiger partial charge on any atom is -0.481 e. The Labute approximate surface area is 104 Å². The van der Waals surface area contributed by atoms with Crippen molar-refractivity contribution in [2.75, 3.05) is 0 Å². The Bertz CT molecular complexity index is 563. The maximum absolute atomic E-state index is 10.6. The highest BCUT2D eigenvalue weighted by Crippen LogP contribution is 2.17. The molecule has 2 heterocycles. The molecule has 2 aromatic rings. The number of carboxylic acids is 1. The highest BCUT2D eigenvalue weighted by molar-refractivity contribution is 5.67. The molecule has 0 unspecified atom stereocenters. The van der Waals surface area contributed by atoms with Crippen molar-refractivity contribution in [3.8, 4) is 5.95 Å². The first kappa shape index (κ1) is 12.2. The van der Waals surface area contributed by atoms with E-state index in [1.54, 1.807) is 23.1 Å². The second-order valence-electron chi connectivity index (χ2n) is 4.00. The first-order valence-corrected chi connectivity index (χ1v) is 5.64. The van der Waals surface area contributed by atoms with Gasteiger partial charge in [-0.3, -0.25) is 4.79 Å². The second-order valence-corrected chi connectivity index (χ2v) is 4.00. The Morgan fingerprint density at radius 2 is 2.00 bits per heavy atom. The maximum atomic E-state index is 10.6. The van der Waals surface area contributed by atoms with Crippen LogP contribution in [0.5, 0.6) is 0 Å². The predicted molar refractivity (Wildman–Crippen MR) is 64.6 cm³/mol. The average molecular weight is 246 g/mol. The summed E-state index contributed by atoms with van der Waals surface area (Å²) < 4.78 is 1.65. The molecule has 0 aliphatic rings. The number of aromatic nitrogens is 4. The van der Waals surface area contributed by atoms with E-state index in [1.807, 2.05) is 13.8 Å². The third-order valence-electron chi connectivity index (χ3n) is 2.77. The fourth-order valence-corrected chi connectivity index (χ4v) is 1.86. The van der Waals surface area contributed by atoms with Crippen molar-refractivity contribution < 1.29 is 9.90 Å². The number of hydrogen-bond acceptors (Lipinski definition) is 4. The summed E-state index contributed by atoms with van der Waals surface area (Å²) in [5, 5.41) is 13.1. The molecule has 6 heteroatoms. The van der Waals surface area contributed by atoms with Gasteiger partial charge in [-0.15, -0.1) is 0 Å². The van der Waals surface area contributed by atoms with Crippen molar-refractivity contribution in [3.63, 3.8) is 0 Å². The van der Waals surface area contributed by atoms with E-state index in [2.05, 4.69) is 15.1 Å². The largest absolute Gasteiger partial charge is 0.481 e. The molecule has 0 fully saturated rings. The molecule has 18 heavy (non-hydrogen) atoms. The SMILES string of the molecule is Cc1nn(-c2ncccn2)c(C)c1CCC(=O)O. The van der Waals surface area contributed by atoms with Crippen LogP contribution in [0.1, 0.15) is 23.4 Å². The molecule has 2 aromatic heterocycles. The van der Waals surface area contributed by atoms with Crippen LogP contribution in [0.4, 0.5) is 0 Å². The molecule has 0 bridgehead atoms. The molecular weight excluding hydrogens is 232 g/mol. The smallest absolute Gasteiger partial charge is 0.303 e. The van der Waals surface area contributed by atoms with E-state index in [9.17, 15) is 4.79 Å². The molecule has 0 amide bonds. The van der Waals surface area contributed by atoms with Gasteiger partial charge in [0.2, 0.25) is 0 Å². The van der Waals surface area contributed by atoms with Gasteiger partial charge in [0.1, 0.15) is 0 Å². The van der Waals surface area contributed by atoms with Crippen molar-refractivity contribution in [1.29, 1.82) is 0 Å². The lowest BCUT2D eigenvalue weighted by atomic mass is 10.1. The van der Waals surface area contributed by atoms with Gasteiger partial charge in [0, 0.05) is 24.5 Å². The molecule has 0 aromatic carbocycles. The van der Waals surface area contributed by atoms with Crippen LogP contribution >= 0.6 is 0 Å². The molecule has 0 spiro atoms. The van der Waals surface area contributed by atoms with Gasteiger partial charge in [-0.25, -0.2) is 14.6 Å². The van der Waals surface area contributed by atoms with Gasteiger partial charge < -0.3 is 5.11 Å². The van der Waals surface area contributed by atoms with E-state index in [0.29, 0.717) is 12.4 Å². The van der Waals surface area contributed by atoms with Crippen LogP contribution < -0.4 is 0 Å². The van der Waals surface area contributed by atoms with Crippen LogP contribution in [0, 0.1) is 13.8 Å². The van der Waals surface area contributed by atoms with Crippen molar-refractivity contribution in [2.24, 2.45) is 0 Å². The van der Waals surface area contributed by atoms with Crippen molar-refractivity contribution in [3.05, 3.63) is 35.4 Å². The summed E-state index contributed by atoms with van der Waals surface area (Å²) in [5.74, 6) is -0.308. The number of hydrogen-bond donors (Lipinski definition) is 1. The zero-order valence-corrected chi connectivity index (χ0v) is 10.3. The Morgan fingerprint density at radius 3 is 2.61 bits per heavy atom. The highest BCUT2D eigenvalue weighted by Gasteiger charge is 2.14. The minimum atomic E-state index is -0.808. The van der Waals surface area contributed by atoms with Gasteiger partial charge >= 0.3 is 5.97 Å². The highest BCUT2D eigenvalue weighted by atomic mass is 16.4. The van der Waals surface area contributed by atoms with Crippen LogP contribution in [0.15, 0.2) is 18.5 Å². The lowest BCUT2D eigenvalue weighted by molar-refractivity contribution is -0.136. The Hall–Kier alpha value is -2.24. The summed E-state index contributed by atoms with van der Waals surface area (Å²) in [7, 11) is 0. The second kappa shape index (κ2) is 4.95. The fraction of sp³-hybridized carbons (Fsp3) is 0.333. The molecular formula is C12H14N4O2. The van der Waals surface area contributed by atoms with Gasteiger partial charge in [0.25, 0.3) is 5.95 Å². The summed E-state index contributed by atoms with van der Waals surface area (Å²) in [6, 6.07) is 1.74. The van der Waals surface area contributed by atoms with Crippen molar-refractivity contribution >= 4 is 5.97 Å². The average Bonchev–Trinajstić information content (AvgIpc) is 2.63. The van der Waals surface area contributed by atoms with Gasteiger partial charge in [-0.1, -0.05) is 0 Å². The molecule has 0 atom stereocenters. The van der Waals surface area contributed by atoms with E-state index < -0.39 is 5.97 Å². The molecule has 0 aliphatic carbocycles. The molecule has 94 valence electrons. The van der Waals surface area contributed by atoms with Crippen molar-refractivity contribution in [1.82, 2.24) is 19.7 Å². The normalized spacial score (nSPS) is 10.6. The molecule has 0 aliphatic heterocycles. The number of rotatable bonds is 4. The van der Waals surface area contributed by atoms with Crippen LogP contribution in [0.3, 0.4) is 0 Å². The van der Waals surface area contributed by atoms with E-state index in [1.165, 1.54) is 0 Å². The predicted octanol–water partition coefficient (Wildman–Crippen LogP) is 1.30. The first-order chi connectivity index (χ1) is 8.59. The number of nitrogens with zero attached hydrogens (tertiary/aromatic N) is 4. The van der Waals surface area contributed by atoms with Crippen LogP contribution in [0.2, 0.25) is 0 Å². The van der Waals surface area contributed by atoms with Gasteiger partial charge in [-0.2, -0.15) is 5.10 Å². The van der Waals surface area contributed by atoms with Crippen LogP contribution in [-0.4, -0.2) is 30.8 Å². The standard InChI is InChI=1S/C12H14N4O2/c1-8-10(4-5-11(17)18)9(2)16(15-8)12-13-6-3-7-14-12/h3,6-7H,4-5H2,1-2H3,(H,17,18). The molecule has 1 N–H and O–H groups in total. The topological polar surface area (TPSA) is 80.9 Å². The Kier molecular flexibility index (Phi) is 3.36. The molecule has 2 rings (SSSR count). The summed E-state index contributed by atoms with van der Waals surface area (Å²) in [6.45, 7) is 3.76. The maximum Gasteiger partial charge on any atom is 0.303 e. The van der Waals surface area contributed by atoms with Crippen molar-refractivity contribution in [2.45, 2.75) is 26.7 Å². The molecule has 6 nitrogen and oxygen atoms in total. The van der Waals surface area contributed by atoms with E-state index in [-0.39, 0.29) is 6.42 Å². The summed E-state index contributed by atoms with van der Waals surface area (Å²) in [4.78, 5) is 18.9. The fourth-order valence-electron chi connectivity index (χ4n) is 1.86. The van der Waals surface area contributed by atoms with E-state index in [0.717, 1.165) is 17.0 Å². The lowest BCUT2D eigenvalue weighted by Gasteiger charge is -2.02. The quantitative estimate of drug-likeness (QED) is 0.879. The van der Waals surface area contributed by atoms with E-state index in [4.69, 9.17) is 5.11 Å². The molecule has 0 radical (unpaired) electrons. The Balaban J connectivity index is 2.35. The zero-order chi connectivity index (χ0) is 13.1. The third-order valence-corrected chi connectivity index (χ3v) is 2.77. The third kappa shape index (κ3) is 2.37. The van der Waals surface area contributed by atoms with E-state index >= 15 is 0 Å². The Morgan fingerprint density at radius 1 is 1.33 bits per heavy atom. The van der Waals surface area contributed by atoms with Gasteiger partial charge in [0.15, 0.2) is 0 Å². The molecule has 0 saturated carbocycles. The number of aryl methyl sites for hydroxylation is 1. The van der Waals surface area contributed by atoms with Gasteiger partial charge in [-0.05, 0) is 31.9 Å². The van der Waals surface area contributed by atoms with Gasteiger partial charge in [0.05, 0.1) is 5.69 Å². The summed E-state index contributed by atoms with van der Waals surface area (Å²) in [6.07, 6.45) is 3.87. The number of aliphatic carboxylic acids is 1.